The summed E-state index contributed by atoms with van der Waals surface area (Å²) in [6.07, 6.45) is 5.57. The van der Waals surface area contributed by atoms with Gasteiger partial charge in [-0.15, -0.1) is 0 Å². The van der Waals surface area contributed by atoms with E-state index in [9.17, 15) is 9.90 Å². The lowest BCUT2D eigenvalue weighted by atomic mass is 9.85. The average molecular weight is 368 g/mol. The molecular formula is C17H22BrNO3. The maximum absolute atomic E-state index is 11.6. The molecule has 3 atom stereocenters. The van der Waals surface area contributed by atoms with Crippen molar-refractivity contribution in [2.75, 3.05) is 13.2 Å². The molecule has 3 rings (SSSR count). The van der Waals surface area contributed by atoms with E-state index in [-0.39, 0.29) is 6.04 Å². The van der Waals surface area contributed by atoms with E-state index in [0.29, 0.717) is 25.1 Å². The highest BCUT2D eigenvalue weighted by Crippen LogP contribution is 2.39. The van der Waals surface area contributed by atoms with Crippen LogP contribution in [-0.4, -0.2) is 41.2 Å². The van der Waals surface area contributed by atoms with Gasteiger partial charge < -0.3 is 9.84 Å². The second-order valence-corrected chi connectivity index (χ2v) is 7.07. The zero-order valence-corrected chi connectivity index (χ0v) is 14.2. The van der Waals surface area contributed by atoms with E-state index in [0.717, 1.165) is 23.1 Å². The van der Waals surface area contributed by atoms with Crippen molar-refractivity contribution in [3.8, 4) is 5.75 Å². The van der Waals surface area contributed by atoms with Crippen LogP contribution in [0.5, 0.6) is 5.75 Å². The molecule has 1 aromatic carbocycles. The number of aliphatic carboxylic acids is 1. The fourth-order valence-corrected chi connectivity index (χ4v) is 4.34. The summed E-state index contributed by atoms with van der Waals surface area (Å²) in [5.74, 6) is 0.683. The van der Waals surface area contributed by atoms with Gasteiger partial charge in [0, 0.05) is 12.6 Å². The van der Waals surface area contributed by atoms with E-state index in [4.69, 9.17) is 4.74 Å². The first-order chi connectivity index (χ1) is 10.7. The molecule has 1 aromatic rings. The third-order valence-corrected chi connectivity index (χ3v) is 5.61. The van der Waals surface area contributed by atoms with Crippen molar-refractivity contribution >= 4 is 21.9 Å². The number of benzene rings is 1. The Morgan fingerprint density at radius 1 is 1.32 bits per heavy atom. The first kappa shape index (κ1) is 15.8. The molecule has 1 saturated heterocycles. The van der Waals surface area contributed by atoms with Crippen LogP contribution in [0.15, 0.2) is 28.7 Å². The van der Waals surface area contributed by atoms with Crippen LogP contribution in [0.4, 0.5) is 0 Å². The van der Waals surface area contributed by atoms with Crippen LogP contribution in [0.1, 0.15) is 32.1 Å². The van der Waals surface area contributed by atoms with Crippen molar-refractivity contribution in [2.45, 2.75) is 44.2 Å². The molecule has 0 amide bonds. The summed E-state index contributed by atoms with van der Waals surface area (Å²) in [6, 6.07) is 7.85. The van der Waals surface area contributed by atoms with Crippen LogP contribution in [0.3, 0.4) is 0 Å². The molecule has 4 nitrogen and oxygen atoms in total. The number of likely N-dealkylation sites (tertiary alicyclic amines) is 1. The monoisotopic (exact) mass is 367 g/mol. The Morgan fingerprint density at radius 3 is 2.86 bits per heavy atom. The molecule has 0 spiro atoms. The van der Waals surface area contributed by atoms with E-state index in [1.807, 2.05) is 24.3 Å². The summed E-state index contributed by atoms with van der Waals surface area (Å²) < 4.78 is 6.76. The third-order valence-electron chi connectivity index (χ3n) is 4.95. The van der Waals surface area contributed by atoms with Crippen molar-refractivity contribution < 1.29 is 14.6 Å². The number of para-hydroxylation sites is 1. The number of carboxylic acids is 1. The zero-order valence-electron chi connectivity index (χ0n) is 12.6. The van der Waals surface area contributed by atoms with Crippen LogP contribution in [0, 0.1) is 5.92 Å². The van der Waals surface area contributed by atoms with Crippen molar-refractivity contribution in [2.24, 2.45) is 5.92 Å². The zero-order chi connectivity index (χ0) is 15.5. The van der Waals surface area contributed by atoms with Crippen molar-refractivity contribution in [1.29, 1.82) is 0 Å². The summed E-state index contributed by atoms with van der Waals surface area (Å²) in [6.45, 7) is 1.20. The lowest BCUT2D eigenvalue weighted by molar-refractivity contribution is -0.142. The lowest BCUT2D eigenvalue weighted by Crippen LogP contribution is -2.44. The molecule has 5 heteroatoms. The van der Waals surface area contributed by atoms with Gasteiger partial charge in [0.05, 0.1) is 4.47 Å². The minimum atomic E-state index is -0.685. The molecule has 1 aliphatic heterocycles. The quantitative estimate of drug-likeness (QED) is 0.864. The largest absolute Gasteiger partial charge is 0.491 e. The van der Waals surface area contributed by atoms with Crippen molar-refractivity contribution in [1.82, 2.24) is 4.90 Å². The summed E-state index contributed by atoms with van der Waals surface area (Å²) in [7, 11) is 0. The molecule has 2 aliphatic rings. The van der Waals surface area contributed by atoms with E-state index in [2.05, 4.69) is 20.8 Å². The predicted molar refractivity (Wildman–Crippen MR) is 88.1 cm³/mol. The van der Waals surface area contributed by atoms with Gasteiger partial charge in [-0.05, 0) is 53.2 Å². The minimum Gasteiger partial charge on any atom is -0.491 e. The summed E-state index contributed by atoms with van der Waals surface area (Å²) >= 11 is 3.47. The molecule has 1 heterocycles. The molecule has 0 bridgehead atoms. The Morgan fingerprint density at radius 2 is 2.09 bits per heavy atom. The smallest absolute Gasteiger partial charge is 0.320 e. The second kappa shape index (κ2) is 7.01. The Hall–Kier alpha value is -1.07. The highest BCUT2D eigenvalue weighted by Gasteiger charge is 2.44. The van der Waals surface area contributed by atoms with E-state index in [1.165, 1.54) is 19.3 Å². The highest BCUT2D eigenvalue weighted by atomic mass is 79.9. The van der Waals surface area contributed by atoms with Crippen LogP contribution in [-0.2, 0) is 4.79 Å². The van der Waals surface area contributed by atoms with Crippen LogP contribution < -0.4 is 4.74 Å². The van der Waals surface area contributed by atoms with Gasteiger partial charge in [-0.3, -0.25) is 9.69 Å². The predicted octanol–water partition coefficient (Wildman–Crippen LogP) is 3.55. The molecule has 2 fully saturated rings. The normalized spacial score (nSPS) is 28.3. The van der Waals surface area contributed by atoms with Gasteiger partial charge >= 0.3 is 5.97 Å². The second-order valence-electron chi connectivity index (χ2n) is 6.22. The molecule has 1 saturated carbocycles. The van der Waals surface area contributed by atoms with E-state index >= 15 is 0 Å². The number of hydrogen-bond donors (Lipinski definition) is 1. The number of rotatable bonds is 5. The third kappa shape index (κ3) is 3.30. The summed E-state index contributed by atoms with van der Waals surface area (Å²) in [5.41, 5.74) is 0. The van der Waals surface area contributed by atoms with E-state index in [1.54, 1.807) is 0 Å². The molecule has 1 aliphatic carbocycles. The number of nitrogens with zero attached hydrogens (tertiary/aromatic N) is 1. The summed E-state index contributed by atoms with van der Waals surface area (Å²) in [4.78, 5) is 13.7. The SMILES string of the molecule is O=C(O)C1CC2CCCCC2N1CCOc1ccccc1Br. The Kier molecular flexibility index (Phi) is 5.03. The molecule has 120 valence electrons. The molecule has 3 unspecified atom stereocenters. The minimum absolute atomic E-state index is 0.337. The van der Waals surface area contributed by atoms with Crippen molar-refractivity contribution in [3.05, 3.63) is 28.7 Å². The Labute approximate surface area is 139 Å². The van der Waals surface area contributed by atoms with Gasteiger partial charge in [0.2, 0.25) is 0 Å². The fraction of sp³-hybridized carbons (Fsp3) is 0.588. The highest BCUT2D eigenvalue weighted by molar-refractivity contribution is 9.10. The van der Waals surface area contributed by atoms with Crippen LogP contribution >= 0.6 is 15.9 Å². The standard InChI is InChI=1S/C17H22BrNO3/c18-13-6-2-4-8-16(13)22-10-9-19-14-7-3-1-5-12(14)11-15(19)17(20)21/h2,4,6,8,12,14-15H,1,3,5,7,9-11H2,(H,20,21). The molecule has 0 radical (unpaired) electrons. The van der Waals surface area contributed by atoms with Crippen LogP contribution in [0.25, 0.3) is 0 Å². The number of hydrogen-bond acceptors (Lipinski definition) is 3. The Bertz CT molecular complexity index is 536. The number of ether oxygens (including phenoxy) is 1. The number of carbonyl (C=O) groups is 1. The van der Waals surface area contributed by atoms with Crippen LogP contribution in [0.2, 0.25) is 0 Å². The first-order valence-electron chi connectivity index (χ1n) is 8.02. The lowest BCUT2D eigenvalue weighted by Gasteiger charge is -2.32. The number of carboxylic acid groups (broad SMARTS) is 1. The number of fused-ring (bicyclic) bond motifs is 1. The van der Waals surface area contributed by atoms with E-state index < -0.39 is 5.97 Å². The van der Waals surface area contributed by atoms with Gasteiger partial charge in [-0.1, -0.05) is 25.0 Å². The topological polar surface area (TPSA) is 49.8 Å². The van der Waals surface area contributed by atoms with Gasteiger partial charge in [-0.2, -0.15) is 0 Å². The molecule has 1 N–H and O–H groups in total. The molecule has 0 aromatic heterocycles. The maximum atomic E-state index is 11.6. The van der Waals surface area contributed by atoms with Gasteiger partial charge in [0.15, 0.2) is 0 Å². The maximum Gasteiger partial charge on any atom is 0.320 e. The average Bonchev–Trinajstić information content (AvgIpc) is 2.88. The fourth-order valence-electron chi connectivity index (χ4n) is 3.94. The van der Waals surface area contributed by atoms with Gasteiger partial charge in [-0.25, -0.2) is 0 Å². The number of halogens is 1. The Balaban J connectivity index is 1.61. The molecular weight excluding hydrogens is 346 g/mol. The molecule has 22 heavy (non-hydrogen) atoms. The van der Waals surface area contributed by atoms with Gasteiger partial charge in [0.1, 0.15) is 18.4 Å². The summed E-state index contributed by atoms with van der Waals surface area (Å²) in [5, 5.41) is 9.50. The first-order valence-corrected chi connectivity index (χ1v) is 8.82. The van der Waals surface area contributed by atoms with Gasteiger partial charge in [0.25, 0.3) is 0 Å². The van der Waals surface area contributed by atoms with Crippen molar-refractivity contribution in [3.63, 3.8) is 0 Å².